The van der Waals surface area contributed by atoms with Crippen molar-refractivity contribution in [3.63, 3.8) is 0 Å². The maximum atomic E-state index is 7.32. The van der Waals surface area contributed by atoms with Gasteiger partial charge in [0.1, 0.15) is 36.8 Å². The van der Waals surface area contributed by atoms with E-state index in [1.165, 1.54) is 32.7 Å². The number of aryl methyl sites for hydroxylation is 2. The van der Waals surface area contributed by atoms with Gasteiger partial charge in [-0.15, -0.1) is 0 Å². The highest BCUT2D eigenvalue weighted by atomic mass is 16.7. The smallest absolute Gasteiger partial charge is 0.253 e. The quantitative estimate of drug-likeness (QED) is 0.181. The van der Waals surface area contributed by atoms with Crippen LogP contribution in [0, 0.1) is 13.8 Å². The first-order valence-corrected chi connectivity index (χ1v) is 19.5. The Morgan fingerprint density at radius 3 is 1.40 bits per heavy atom. The second kappa shape index (κ2) is 12.2. The van der Waals surface area contributed by atoms with Crippen LogP contribution < -0.4 is 9.47 Å². The number of hydrogen-bond donors (Lipinski definition) is 0. The molecule has 0 aliphatic carbocycles. The summed E-state index contributed by atoms with van der Waals surface area (Å²) in [5.74, 6) is 1.86. The highest BCUT2D eigenvalue weighted by Crippen LogP contribution is 2.56. The predicted molar refractivity (Wildman–Crippen MR) is 220 cm³/mol. The summed E-state index contributed by atoms with van der Waals surface area (Å²) in [6.45, 7) is 14.4. The molecule has 0 bridgehead atoms. The van der Waals surface area contributed by atoms with Gasteiger partial charge in [0.15, 0.2) is 0 Å². The molecule has 0 fully saturated rings. The second-order valence-electron chi connectivity index (χ2n) is 17.3. The highest BCUT2D eigenvalue weighted by molar-refractivity contribution is 6.00. The third-order valence-corrected chi connectivity index (χ3v) is 12.1. The Bertz CT molecular complexity index is 2430. The number of rotatable bonds is 4. The molecule has 1 spiro atoms. The molecule has 2 atom stereocenters. The molecule has 0 saturated carbocycles. The number of ether oxygens (including phenoxy) is 4. The predicted octanol–water partition coefficient (Wildman–Crippen LogP) is 11.2. The first kappa shape index (κ1) is 33.9. The van der Waals surface area contributed by atoms with Gasteiger partial charge in [-0.25, -0.2) is 9.98 Å². The first-order valence-electron chi connectivity index (χ1n) is 19.5. The van der Waals surface area contributed by atoms with E-state index >= 15 is 0 Å². The average Bonchev–Trinajstić information content (AvgIpc) is 3.85. The van der Waals surface area contributed by atoms with E-state index in [2.05, 4.69) is 151 Å². The van der Waals surface area contributed by atoms with E-state index in [9.17, 15) is 0 Å². The van der Waals surface area contributed by atoms with Gasteiger partial charge >= 0.3 is 0 Å². The van der Waals surface area contributed by atoms with E-state index in [-0.39, 0.29) is 22.9 Å². The third-order valence-electron chi connectivity index (χ3n) is 12.1. The van der Waals surface area contributed by atoms with Crippen molar-refractivity contribution in [1.82, 2.24) is 0 Å². The number of nitrogens with zero attached hydrogens (tertiary/aromatic N) is 2. The Balaban J connectivity index is 1.05. The second-order valence-corrected chi connectivity index (χ2v) is 17.3. The van der Waals surface area contributed by atoms with Crippen molar-refractivity contribution in [2.24, 2.45) is 9.98 Å². The van der Waals surface area contributed by atoms with Crippen LogP contribution in [0.1, 0.15) is 97.1 Å². The minimum Gasteiger partial charge on any atom is -0.475 e. The molecule has 6 nitrogen and oxygen atoms in total. The molecule has 0 aromatic heterocycles. The lowest BCUT2D eigenvalue weighted by Gasteiger charge is -2.52. The van der Waals surface area contributed by atoms with Crippen molar-refractivity contribution < 1.29 is 18.9 Å². The summed E-state index contributed by atoms with van der Waals surface area (Å²) in [6, 6.07) is 38.4. The van der Waals surface area contributed by atoms with Gasteiger partial charge in [0.05, 0.1) is 11.1 Å². The molecule has 55 heavy (non-hydrogen) atoms. The molecule has 6 heteroatoms. The van der Waals surface area contributed by atoms with Crippen LogP contribution in [-0.4, -0.2) is 30.8 Å². The molecule has 0 unspecified atom stereocenters. The van der Waals surface area contributed by atoms with Gasteiger partial charge in [0.25, 0.3) is 5.79 Å². The molecule has 276 valence electrons. The van der Waals surface area contributed by atoms with E-state index in [4.69, 9.17) is 28.9 Å². The van der Waals surface area contributed by atoms with Crippen LogP contribution in [0.4, 0.5) is 0 Å². The normalized spacial score (nSPS) is 21.5. The highest BCUT2D eigenvalue weighted by Gasteiger charge is 2.55. The molecule has 4 aliphatic rings. The Kier molecular flexibility index (Phi) is 7.52. The third kappa shape index (κ3) is 5.60. The van der Waals surface area contributed by atoms with Crippen molar-refractivity contribution in [3.8, 4) is 11.5 Å². The molecule has 0 saturated heterocycles. The molecule has 10 rings (SSSR count). The zero-order valence-electron chi connectivity index (χ0n) is 32.4. The summed E-state index contributed by atoms with van der Waals surface area (Å²) in [4.78, 5) is 10.5. The largest absolute Gasteiger partial charge is 0.475 e. The van der Waals surface area contributed by atoms with E-state index < -0.39 is 5.79 Å². The number of fused-ring (bicyclic) bond motifs is 4. The van der Waals surface area contributed by atoms with Crippen molar-refractivity contribution in [2.75, 3.05) is 13.2 Å². The van der Waals surface area contributed by atoms with Crippen molar-refractivity contribution in [1.29, 1.82) is 0 Å². The van der Waals surface area contributed by atoms with Crippen LogP contribution in [0.5, 0.6) is 11.5 Å². The standard InChI is InChI=1S/C49H46N2O4/c1-29-21-37(45-50-41(25-52-45)35-19-11-15-31-13-7-9-17-33(31)35)43-39(23-29)47(3,4)27-49(54-43)28-48(5,6)40-24-30(2)22-38(44(40)55-49)46-51-42(26-53-46)36-20-12-16-32-14-8-10-18-34(32)36/h7-24,41-42H,25-28H2,1-6H3/t41-,42-,49?/m1/s1. The first-order chi connectivity index (χ1) is 26.5. The van der Waals surface area contributed by atoms with E-state index in [1.54, 1.807) is 0 Å². The molecule has 4 heterocycles. The zero-order chi connectivity index (χ0) is 37.7. The maximum Gasteiger partial charge on any atom is 0.253 e. The Hall–Kier alpha value is -5.62. The van der Waals surface area contributed by atoms with Gasteiger partial charge in [0.2, 0.25) is 11.8 Å². The van der Waals surface area contributed by atoms with Crippen LogP contribution in [0.25, 0.3) is 21.5 Å². The van der Waals surface area contributed by atoms with E-state index in [1.807, 2.05) is 0 Å². The summed E-state index contributed by atoms with van der Waals surface area (Å²) in [7, 11) is 0. The minimum atomic E-state index is -0.955. The summed E-state index contributed by atoms with van der Waals surface area (Å²) >= 11 is 0. The van der Waals surface area contributed by atoms with E-state index in [0.29, 0.717) is 37.9 Å². The van der Waals surface area contributed by atoms with Crippen LogP contribution in [0.3, 0.4) is 0 Å². The van der Waals surface area contributed by atoms with Gasteiger partial charge in [-0.3, -0.25) is 0 Å². The zero-order valence-corrected chi connectivity index (χ0v) is 32.4. The molecular weight excluding hydrogens is 681 g/mol. The lowest BCUT2D eigenvalue weighted by molar-refractivity contribution is -0.166. The van der Waals surface area contributed by atoms with Gasteiger partial charge in [-0.2, -0.15) is 0 Å². The van der Waals surface area contributed by atoms with Crippen LogP contribution in [0.15, 0.2) is 119 Å². The number of hydrogen-bond acceptors (Lipinski definition) is 6. The summed E-state index contributed by atoms with van der Waals surface area (Å²) in [6.07, 6.45) is 1.34. The Morgan fingerprint density at radius 1 is 0.527 bits per heavy atom. The summed E-state index contributed by atoms with van der Waals surface area (Å²) < 4.78 is 27.6. The van der Waals surface area contributed by atoms with Crippen molar-refractivity contribution in [3.05, 3.63) is 154 Å². The lowest BCUT2D eigenvalue weighted by atomic mass is 9.68. The van der Waals surface area contributed by atoms with Gasteiger partial charge < -0.3 is 18.9 Å². The van der Waals surface area contributed by atoms with Gasteiger partial charge in [-0.05, 0) is 69.8 Å². The fourth-order valence-electron chi connectivity index (χ4n) is 9.67. The summed E-state index contributed by atoms with van der Waals surface area (Å²) in [5.41, 5.74) is 8.12. The minimum absolute atomic E-state index is 0.116. The molecular formula is C49H46N2O4. The van der Waals surface area contributed by atoms with Crippen molar-refractivity contribution in [2.45, 2.75) is 83.1 Å². The molecule has 6 aromatic carbocycles. The molecule has 4 aliphatic heterocycles. The fourth-order valence-corrected chi connectivity index (χ4v) is 9.67. The SMILES string of the molecule is Cc1cc(C2=N[C@@H](c3cccc4ccccc34)CO2)c2c(c1)C(C)(C)CC1(CC(C)(C)c3cc(C)cc(C4=N[C@@H](c5cccc6ccccc56)CO4)c3O1)O2. The van der Waals surface area contributed by atoms with Gasteiger partial charge in [0, 0.05) is 34.8 Å². The molecule has 0 N–H and O–H groups in total. The molecule has 6 aromatic rings. The average molecular weight is 727 g/mol. The fraction of sp³-hybridized carbons (Fsp3) is 0.306. The molecule has 0 amide bonds. The topological polar surface area (TPSA) is 61.6 Å². The van der Waals surface area contributed by atoms with Crippen LogP contribution >= 0.6 is 0 Å². The van der Waals surface area contributed by atoms with Crippen LogP contribution in [-0.2, 0) is 20.3 Å². The lowest BCUT2D eigenvalue weighted by Crippen LogP contribution is -2.56. The molecule has 0 radical (unpaired) electrons. The van der Waals surface area contributed by atoms with E-state index in [0.717, 1.165) is 44.9 Å². The Morgan fingerprint density at radius 2 is 0.945 bits per heavy atom. The van der Waals surface area contributed by atoms with Crippen LogP contribution in [0.2, 0.25) is 0 Å². The number of benzene rings is 6. The van der Waals surface area contributed by atoms with Crippen molar-refractivity contribution >= 4 is 33.3 Å². The monoisotopic (exact) mass is 726 g/mol. The maximum absolute atomic E-state index is 7.32. The number of aliphatic imine (C=N–C) groups is 2. The van der Waals surface area contributed by atoms with Gasteiger partial charge in [-0.1, -0.05) is 125 Å². The Labute approximate surface area is 322 Å². The summed E-state index contributed by atoms with van der Waals surface area (Å²) in [5, 5.41) is 4.81.